The summed E-state index contributed by atoms with van der Waals surface area (Å²) in [5.74, 6) is 1.37. The number of aliphatic hydroxyl groups excluding tert-OH is 1. The van der Waals surface area contributed by atoms with Gasteiger partial charge in [-0.25, -0.2) is 4.98 Å². The van der Waals surface area contributed by atoms with Crippen molar-refractivity contribution in [1.29, 1.82) is 0 Å². The van der Waals surface area contributed by atoms with Gasteiger partial charge in [-0.2, -0.15) is 0 Å². The number of aromatic nitrogens is 2. The number of nitrogens with zero attached hydrogens (tertiary/aromatic N) is 2. The van der Waals surface area contributed by atoms with E-state index in [1.54, 1.807) is 6.20 Å². The third-order valence-electron chi connectivity index (χ3n) is 5.27. The molecule has 0 aliphatic carbocycles. The molecule has 5 nitrogen and oxygen atoms in total. The van der Waals surface area contributed by atoms with Crippen LogP contribution in [0.1, 0.15) is 65.9 Å². The van der Waals surface area contributed by atoms with Crippen molar-refractivity contribution in [2.75, 3.05) is 0 Å². The Bertz CT molecular complexity index is 1280. The number of carbonyl (C=O) groups is 1. The number of aliphatic hydroxyl groups is 1. The number of ketones is 1. The second kappa shape index (κ2) is 12.6. The minimum atomic E-state index is -0.125. The Hall–Kier alpha value is -3.08. The van der Waals surface area contributed by atoms with E-state index in [-0.39, 0.29) is 33.1 Å². The number of oxazole rings is 1. The van der Waals surface area contributed by atoms with Gasteiger partial charge < -0.3 is 14.5 Å². The zero-order chi connectivity index (χ0) is 24.8. The summed E-state index contributed by atoms with van der Waals surface area (Å²) >= 11 is 0. The summed E-state index contributed by atoms with van der Waals surface area (Å²) in [5.41, 5.74) is 6.85. The molecule has 1 radical (unpaired) electrons. The van der Waals surface area contributed by atoms with Crippen molar-refractivity contribution in [3.63, 3.8) is 0 Å². The Kier molecular flexibility index (Phi) is 10.1. The van der Waals surface area contributed by atoms with E-state index in [0.717, 1.165) is 22.3 Å². The number of carbonyl (C=O) groups excluding carboxylic acids is 1. The van der Waals surface area contributed by atoms with E-state index in [1.165, 1.54) is 31.1 Å². The molecule has 0 fully saturated rings. The molecular formula is C29H33IrN2O3-. The van der Waals surface area contributed by atoms with Gasteiger partial charge >= 0.3 is 0 Å². The summed E-state index contributed by atoms with van der Waals surface area (Å²) in [7, 11) is 0. The van der Waals surface area contributed by atoms with Gasteiger partial charge in [0, 0.05) is 45.1 Å². The number of pyridine rings is 1. The molecule has 0 spiro atoms. The predicted octanol–water partition coefficient (Wildman–Crippen LogP) is 7.88. The van der Waals surface area contributed by atoms with Crippen LogP contribution in [0.3, 0.4) is 0 Å². The molecule has 0 amide bonds. The van der Waals surface area contributed by atoms with Crippen molar-refractivity contribution in [2.24, 2.45) is 0 Å². The van der Waals surface area contributed by atoms with Crippen LogP contribution in [0.4, 0.5) is 0 Å². The van der Waals surface area contributed by atoms with Crippen molar-refractivity contribution >= 4 is 16.9 Å². The van der Waals surface area contributed by atoms with Gasteiger partial charge in [0.1, 0.15) is 11.1 Å². The van der Waals surface area contributed by atoms with Crippen LogP contribution in [0.25, 0.3) is 33.8 Å². The van der Waals surface area contributed by atoms with E-state index < -0.39 is 0 Å². The van der Waals surface area contributed by atoms with E-state index in [9.17, 15) is 4.79 Å². The molecule has 187 valence electrons. The maximum Gasteiger partial charge on any atom is 0.226 e. The maximum absolute atomic E-state index is 10.0. The summed E-state index contributed by atoms with van der Waals surface area (Å²) in [4.78, 5) is 19.4. The molecule has 2 aromatic carbocycles. The first-order valence-corrected chi connectivity index (χ1v) is 11.4. The van der Waals surface area contributed by atoms with Gasteiger partial charge in [-0.1, -0.05) is 45.9 Å². The van der Waals surface area contributed by atoms with Crippen LogP contribution in [0.5, 0.6) is 0 Å². The molecule has 0 aliphatic heterocycles. The molecule has 4 aromatic rings. The SMILES string of the molecule is CC(=O)C=C(C)O.CC(C)c1cccc(C(C)C)c1-c1nc2ccnc(-c3[c-]cccc3)c2o1.[2HH].[Ir]. The van der Waals surface area contributed by atoms with Crippen LogP contribution < -0.4 is 0 Å². The van der Waals surface area contributed by atoms with Crippen LogP contribution in [0.15, 0.2) is 71.0 Å². The summed E-state index contributed by atoms with van der Waals surface area (Å²) in [6.07, 6.45) is 2.95. The van der Waals surface area contributed by atoms with Gasteiger partial charge in [0.15, 0.2) is 5.78 Å². The van der Waals surface area contributed by atoms with Crippen LogP contribution in [-0.4, -0.2) is 20.9 Å². The molecule has 0 aliphatic rings. The molecule has 0 atom stereocenters. The summed E-state index contributed by atoms with van der Waals surface area (Å²) < 4.78 is 6.33. The second-order valence-corrected chi connectivity index (χ2v) is 8.82. The second-order valence-electron chi connectivity index (χ2n) is 8.82. The Balaban J connectivity index is 0.000000637. The van der Waals surface area contributed by atoms with Crippen molar-refractivity contribution < 1.29 is 35.9 Å². The summed E-state index contributed by atoms with van der Waals surface area (Å²) in [6, 6.07) is 19.4. The Morgan fingerprint density at radius 1 is 1.03 bits per heavy atom. The van der Waals surface area contributed by atoms with E-state index in [0.29, 0.717) is 23.3 Å². The summed E-state index contributed by atoms with van der Waals surface area (Å²) in [6.45, 7) is 11.7. The average Bonchev–Trinajstić information content (AvgIpc) is 3.22. The zero-order valence-corrected chi connectivity index (χ0v) is 23.3. The first-order chi connectivity index (χ1) is 16.2. The number of benzene rings is 2. The molecule has 2 heterocycles. The third-order valence-corrected chi connectivity index (χ3v) is 5.27. The van der Waals surface area contributed by atoms with Crippen molar-refractivity contribution in [3.8, 4) is 22.7 Å². The monoisotopic (exact) mass is 651 g/mol. The fourth-order valence-electron chi connectivity index (χ4n) is 3.79. The first kappa shape index (κ1) is 28.2. The van der Waals surface area contributed by atoms with E-state index in [1.807, 2.05) is 30.3 Å². The normalized spacial score (nSPS) is 11.3. The average molecular weight is 651 g/mol. The van der Waals surface area contributed by atoms with Crippen molar-refractivity contribution in [3.05, 3.63) is 83.8 Å². The van der Waals surface area contributed by atoms with Crippen LogP contribution in [0.2, 0.25) is 0 Å². The first-order valence-electron chi connectivity index (χ1n) is 11.4. The van der Waals surface area contributed by atoms with E-state index in [2.05, 4.69) is 56.9 Å². The zero-order valence-electron chi connectivity index (χ0n) is 20.9. The number of hydrogen-bond donors (Lipinski definition) is 1. The largest absolute Gasteiger partial charge is 0.512 e. The minimum absolute atomic E-state index is 0. The Labute approximate surface area is 222 Å². The minimum Gasteiger partial charge on any atom is -0.512 e. The molecule has 6 heteroatoms. The number of hydrogen-bond acceptors (Lipinski definition) is 5. The number of rotatable bonds is 5. The topological polar surface area (TPSA) is 76.2 Å². The van der Waals surface area contributed by atoms with Gasteiger partial charge in [0.25, 0.3) is 0 Å². The quantitative estimate of drug-likeness (QED) is 0.135. The summed E-state index contributed by atoms with van der Waals surface area (Å²) in [5, 5.41) is 8.36. The standard InChI is InChI=1S/C24H23N2O.C5H8O2.Ir.H2/c1-15(2)18-11-8-12-19(16(3)4)21(18)24-26-20-13-14-25-22(23(20)27-24)17-9-6-5-7-10-17;1-4(6)3-5(2)7;;/h5-9,11-16H,1-4H3;3,6H,1-2H3;;1H/q-1;;;/i;;;1+1. The number of fused-ring (bicyclic) bond motifs is 1. The molecule has 1 N–H and O–H groups in total. The van der Waals surface area contributed by atoms with Gasteiger partial charge in [0.2, 0.25) is 5.89 Å². The fourth-order valence-corrected chi connectivity index (χ4v) is 3.79. The van der Waals surface area contributed by atoms with Crippen molar-refractivity contribution in [1.82, 2.24) is 9.97 Å². The van der Waals surface area contributed by atoms with Gasteiger partial charge in [-0.3, -0.25) is 4.79 Å². The maximum atomic E-state index is 10.0. The molecule has 0 bridgehead atoms. The fraction of sp³-hybridized carbons (Fsp3) is 0.276. The molecule has 0 saturated carbocycles. The molecule has 4 rings (SSSR count). The number of allylic oxidation sites excluding steroid dienone is 2. The smallest absolute Gasteiger partial charge is 0.226 e. The Morgan fingerprint density at radius 3 is 2.17 bits per heavy atom. The van der Waals surface area contributed by atoms with Crippen molar-refractivity contribution in [2.45, 2.75) is 53.4 Å². The Morgan fingerprint density at radius 2 is 1.69 bits per heavy atom. The van der Waals surface area contributed by atoms with Gasteiger partial charge in [-0.15, -0.1) is 35.9 Å². The van der Waals surface area contributed by atoms with Gasteiger partial charge in [-0.05, 0) is 42.9 Å². The van der Waals surface area contributed by atoms with Gasteiger partial charge in [0.05, 0.1) is 5.76 Å². The van der Waals surface area contributed by atoms with Crippen LogP contribution in [-0.2, 0) is 24.9 Å². The molecule has 0 unspecified atom stereocenters. The van der Waals surface area contributed by atoms with E-state index in [4.69, 9.17) is 14.5 Å². The van der Waals surface area contributed by atoms with Crippen LogP contribution >= 0.6 is 0 Å². The third kappa shape index (κ3) is 6.97. The molecule has 35 heavy (non-hydrogen) atoms. The molecule has 0 saturated heterocycles. The molecular weight excluding hydrogens is 617 g/mol. The predicted molar refractivity (Wildman–Crippen MR) is 139 cm³/mol. The van der Waals surface area contributed by atoms with Crippen LogP contribution in [0, 0.1) is 6.07 Å². The van der Waals surface area contributed by atoms with E-state index >= 15 is 0 Å². The molecule has 2 aromatic heterocycles.